The smallest absolute Gasteiger partial charge is 0.362 e. The van der Waals surface area contributed by atoms with Crippen LogP contribution in [0, 0.1) is 0 Å². The summed E-state index contributed by atoms with van der Waals surface area (Å²) in [5, 5.41) is 29.9. The van der Waals surface area contributed by atoms with E-state index in [-0.39, 0.29) is 25.8 Å². The number of carboxylic acid groups (broad SMARTS) is 3. The summed E-state index contributed by atoms with van der Waals surface area (Å²) < 4.78 is -0.425. The molecule has 0 bridgehead atoms. The first-order valence-electron chi connectivity index (χ1n) is 13.9. The monoisotopic (exact) mass is 498 g/mol. The Hall–Kier alpha value is -1.89. The van der Waals surface area contributed by atoms with E-state index in [9.17, 15) is 29.7 Å². The number of aliphatic carboxylic acids is 3. The minimum absolute atomic E-state index is 0.182. The van der Waals surface area contributed by atoms with Gasteiger partial charge in [0.1, 0.15) is 0 Å². The molecule has 0 saturated heterocycles. The molecule has 0 aromatic carbocycles. The Bertz CT molecular complexity index is 578. The third-order valence-electron chi connectivity index (χ3n) is 7.31. The fraction of sp³-hybridized carbons (Fsp3) is 0.821. The molecule has 0 aromatic heterocycles. The number of carboxylic acids is 3. The van der Waals surface area contributed by atoms with Crippen molar-refractivity contribution in [3.05, 3.63) is 12.2 Å². The van der Waals surface area contributed by atoms with Crippen LogP contribution in [0.15, 0.2) is 12.2 Å². The molecule has 0 aliphatic rings. The van der Waals surface area contributed by atoms with E-state index in [1.54, 1.807) is 20.8 Å². The van der Waals surface area contributed by atoms with E-state index < -0.39 is 40.5 Å². The van der Waals surface area contributed by atoms with E-state index in [1.807, 2.05) is 0 Å². The van der Waals surface area contributed by atoms with Crippen molar-refractivity contribution in [2.75, 3.05) is 6.54 Å². The Morgan fingerprint density at radius 1 is 0.571 bits per heavy atom. The number of quaternary nitrogens is 1. The Balaban J connectivity index is 5.05. The average Bonchev–Trinajstić information content (AvgIpc) is 2.79. The van der Waals surface area contributed by atoms with Crippen molar-refractivity contribution < 1.29 is 34.2 Å². The number of nitrogens with zero attached hydrogens (tertiary/aromatic N) is 1. The predicted molar refractivity (Wildman–Crippen MR) is 140 cm³/mol. The van der Waals surface area contributed by atoms with Crippen LogP contribution in [0.4, 0.5) is 0 Å². The maximum Gasteiger partial charge on any atom is 0.362 e. The number of unbranched alkanes of at least 4 members (excludes halogenated alkanes) is 10. The molecule has 3 N–H and O–H groups in total. The molecule has 0 radical (unpaired) electrons. The molecule has 7 heteroatoms. The lowest BCUT2D eigenvalue weighted by Gasteiger charge is -2.49. The molecule has 0 amide bonds. The summed E-state index contributed by atoms with van der Waals surface area (Å²) in [4.78, 5) is 36.6. The molecule has 0 aromatic rings. The Kier molecular flexibility index (Phi) is 18.3. The lowest BCUT2D eigenvalue weighted by atomic mass is 9.94. The zero-order valence-electron chi connectivity index (χ0n) is 22.7. The molecule has 204 valence electrons. The van der Waals surface area contributed by atoms with Crippen LogP contribution in [0.5, 0.6) is 0 Å². The molecule has 3 unspecified atom stereocenters. The van der Waals surface area contributed by atoms with E-state index in [1.165, 1.54) is 51.4 Å². The highest BCUT2D eigenvalue weighted by Crippen LogP contribution is 2.32. The van der Waals surface area contributed by atoms with Crippen LogP contribution in [0.1, 0.15) is 124 Å². The molecule has 0 aliphatic carbocycles. The van der Waals surface area contributed by atoms with Crippen LogP contribution in [-0.4, -0.2) is 62.4 Å². The van der Waals surface area contributed by atoms with Gasteiger partial charge in [0, 0.05) is 19.3 Å². The van der Waals surface area contributed by atoms with E-state index in [0.717, 1.165) is 19.3 Å². The first-order valence-corrected chi connectivity index (χ1v) is 13.9. The van der Waals surface area contributed by atoms with E-state index in [2.05, 4.69) is 19.1 Å². The number of carbonyl (C=O) groups is 3. The third-order valence-corrected chi connectivity index (χ3v) is 7.31. The van der Waals surface area contributed by atoms with Crippen LogP contribution in [0.25, 0.3) is 0 Å². The SMILES string of the molecule is CCCCCCCCCC/C=C/CCCC[N+](C(CC)C(=O)O)(C(CC)C(=O)O)C(CC)C(=O)O. The van der Waals surface area contributed by atoms with Crippen molar-refractivity contribution in [3.8, 4) is 0 Å². The van der Waals surface area contributed by atoms with Crippen molar-refractivity contribution in [3.63, 3.8) is 0 Å². The molecule has 0 saturated carbocycles. The van der Waals surface area contributed by atoms with Gasteiger partial charge in [0.2, 0.25) is 0 Å². The fourth-order valence-corrected chi connectivity index (χ4v) is 5.56. The molecular weight excluding hydrogens is 446 g/mol. The van der Waals surface area contributed by atoms with E-state index in [0.29, 0.717) is 6.42 Å². The molecule has 35 heavy (non-hydrogen) atoms. The van der Waals surface area contributed by atoms with Gasteiger partial charge in [-0.2, -0.15) is 0 Å². The number of hydrogen-bond donors (Lipinski definition) is 3. The summed E-state index contributed by atoms with van der Waals surface area (Å²) in [5.74, 6) is -3.38. The summed E-state index contributed by atoms with van der Waals surface area (Å²) in [7, 11) is 0. The maximum atomic E-state index is 12.2. The van der Waals surface area contributed by atoms with Gasteiger partial charge < -0.3 is 15.3 Å². The lowest BCUT2D eigenvalue weighted by molar-refractivity contribution is -0.973. The summed E-state index contributed by atoms with van der Waals surface area (Å²) in [5.41, 5.74) is 0. The zero-order valence-corrected chi connectivity index (χ0v) is 22.7. The average molecular weight is 499 g/mol. The largest absolute Gasteiger partial charge is 0.477 e. The topological polar surface area (TPSA) is 112 Å². The van der Waals surface area contributed by atoms with Crippen molar-refractivity contribution in [1.82, 2.24) is 0 Å². The molecule has 0 aliphatic heterocycles. The second kappa shape index (κ2) is 19.3. The predicted octanol–water partition coefficient (Wildman–Crippen LogP) is 6.65. The quantitative estimate of drug-likeness (QED) is 0.0826. The number of rotatable bonds is 23. The lowest BCUT2D eigenvalue weighted by Crippen LogP contribution is -2.72. The van der Waals surface area contributed by atoms with Gasteiger partial charge in [0.15, 0.2) is 18.1 Å². The minimum Gasteiger partial charge on any atom is -0.477 e. The van der Waals surface area contributed by atoms with Gasteiger partial charge in [0.25, 0.3) is 0 Å². The van der Waals surface area contributed by atoms with Crippen molar-refractivity contribution in [2.45, 2.75) is 142 Å². The highest BCUT2D eigenvalue weighted by atomic mass is 16.4. The third kappa shape index (κ3) is 11.1. The standard InChI is InChI=1S/C28H51NO6/c1-5-9-10-11-12-13-14-15-16-17-18-19-20-21-22-29(23(6-2)26(30)31,24(7-3)27(32)33)25(8-4)28(34)35/h17-18,23-25H,5-16,19-22H2,1-4H3,(H2-,30,31,32,33,34,35)/p+1/b18-17+. The maximum absolute atomic E-state index is 12.2. The molecule has 3 atom stereocenters. The second-order valence-corrected chi connectivity index (χ2v) is 9.74. The van der Waals surface area contributed by atoms with Gasteiger partial charge in [-0.25, -0.2) is 14.4 Å². The number of allylic oxidation sites excluding steroid dienone is 2. The Morgan fingerprint density at radius 3 is 1.26 bits per heavy atom. The Labute approximate surface area is 213 Å². The van der Waals surface area contributed by atoms with Gasteiger partial charge in [-0.1, -0.05) is 84.8 Å². The van der Waals surface area contributed by atoms with Crippen LogP contribution >= 0.6 is 0 Å². The first-order chi connectivity index (χ1) is 16.7. The van der Waals surface area contributed by atoms with Crippen LogP contribution < -0.4 is 0 Å². The Morgan fingerprint density at radius 2 is 0.914 bits per heavy atom. The number of hydrogen-bond acceptors (Lipinski definition) is 3. The minimum atomic E-state index is -1.13. The highest BCUT2D eigenvalue weighted by Gasteiger charge is 2.55. The highest BCUT2D eigenvalue weighted by molar-refractivity contribution is 5.78. The molecule has 0 fully saturated rings. The van der Waals surface area contributed by atoms with Gasteiger partial charge in [-0.05, 0) is 32.1 Å². The van der Waals surface area contributed by atoms with Crippen LogP contribution in [0.2, 0.25) is 0 Å². The fourth-order valence-electron chi connectivity index (χ4n) is 5.56. The molecule has 0 spiro atoms. The van der Waals surface area contributed by atoms with Gasteiger partial charge in [-0.15, -0.1) is 0 Å². The van der Waals surface area contributed by atoms with Crippen molar-refractivity contribution in [2.24, 2.45) is 0 Å². The van der Waals surface area contributed by atoms with Crippen molar-refractivity contribution >= 4 is 17.9 Å². The molecule has 0 heterocycles. The van der Waals surface area contributed by atoms with Crippen LogP contribution in [0.3, 0.4) is 0 Å². The normalized spacial score (nSPS) is 16.0. The van der Waals surface area contributed by atoms with Crippen LogP contribution in [-0.2, 0) is 14.4 Å². The molecular formula is C28H52NO6+. The van der Waals surface area contributed by atoms with Gasteiger partial charge >= 0.3 is 17.9 Å². The first kappa shape index (κ1) is 33.1. The molecule has 0 rings (SSSR count). The van der Waals surface area contributed by atoms with E-state index >= 15 is 0 Å². The summed E-state index contributed by atoms with van der Waals surface area (Å²) in [6, 6.07) is -3.22. The van der Waals surface area contributed by atoms with E-state index in [4.69, 9.17) is 0 Å². The summed E-state index contributed by atoms with van der Waals surface area (Å²) in [6.45, 7) is 7.55. The molecule has 7 nitrogen and oxygen atoms in total. The summed E-state index contributed by atoms with van der Waals surface area (Å²) in [6.07, 6.45) is 18.5. The zero-order chi connectivity index (χ0) is 26.7. The second-order valence-electron chi connectivity index (χ2n) is 9.74. The summed E-state index contributed by atoms with van der Waals surface area (Å²) >= 11 is 0. The van der Waals surface area contributed by atoms with Crippen molar-refractivity contribution in [1.29, 1.82) is 0 Å². The van der Waals surface area contributed by atoms with Gasteiger partial charge in [0.05, 0.1) is 6.54 Å². The van der Waals surface area contributed by atoms with Gasteiger partial charge in [-0.3, -0.25) is 4.48 Å².